The Hall–Kier alpha value is -0.970. The molecule has 1 saturated heterocycles. The summed E-state index contributed by atoms with van der Waals surface area (Å²) in [4.78, 5) is 14.5. The number of halogens is 2. The number of para-hydroxylation sites is 1. The lowest BCUT2D eigenvalue weighted by atomic mass is 9.93. The maximum atomic E-state index is 12.0. The standard InChI is InChI=1S/C19H29N3O.2ClH/c1-15-14-17-4-2-3-5-18(17)22(15)13-12-21-19(23)7-6-16-8-10-20-11-9-16;;/h2-5,15-16,20H,6-14H2,1H3,(H,21,23);2*1H. The molecular formula is C19H31Cl2N3O. The van der Waals surface area contributed by atoms with Gasteiger partial charge in [0.05, 0.1) is 0 Å². The zero-order valence-electron chi connectivity index (χ0n) is 15.0. The van der Waals surface area contributed by atoms with Crippen molar-refractivity contribution in [2.45, 2.75) is 45.1 Å². The van der Waals surface area contributed by atoms with Gasteiger partial charge in [0.1, 0.15) is 0 Å². The molecule has 1 unspecified atom stereocenters. The van der Waals surface area contributed by atoms with Crippen molar-refractivity contribution in [1.82, 2.24) is 10.6 Å². The molecule has 0 radical (unpaired) electrons. The first-order valence-corrected chi connectivity index (χ1v) is 9.06. The van der Waals surface area contributed by atoms with E-state index in [0.29, 0.717) is 12.5 Å². The molecule has 3 rings (SSSR count). The lowest BCUT2D eigenvalue weighted by Gasteiger charge is -2.25. The maximum Gasteiger partial charge on any atom is 0.220 e. The highest BCUT2D eigenvalue weighted by Gasteiger charge is 2.24. The average Bonchev–Trinajstić information content (AvgIpc) is 2.90. The van der Waals surface area contributed by atoms with Crippen LogP contribution in [0.3, 0.4) is 0 Å². The summed E-state index contributed by atoms with van der Waals surface area (Å²) in [5.74, 6) is 0.941. The van der Waals surface area contributed by atoms with Crippen LogP contribution in [0.4, 0.5) is 5.69 Å². The first-order chi connectivity index (χ1) is 11.2. The van der Waals surface area contributed by atoms with E-state index in [1.54, 1.807) is 0 Å². The first kappa shape index (κ1) is 22.1. The predicted molar refractivity (Wildman–Crippen MR) is 109 cm³/mol. The summed E-state index contributed by atoms with van der Waals surface area (Å²) in [7, 11) is 0. The van der Waals surface area contributed by atoms with E-state index in [9.17, 15) is 4.79 Å². The van der Waals surface area contributed by atoms with Gasteiger partial charge in [0, 0.05) is 31.2 Å². The Morgan fingerprint density at radius 2 is 1.96 bits per heavy atom. The minimum Gasteiger partial charge on any atom is -0.367 e. The Bertz CT molecular complexity index is 535. The van der Waals surface area contributed by atoms with E-state index in [2.05, 4.69) is 46.7 Å². The summed E-state index contributed by atoms with van der Waals surface area (Å²) < 4.78 is 0. The molecule has 1 fully saturated rings. The van der Waals surface area contributed by atoms with E-state index >= 15 is 0 Å². The summed E-state index contributed by atoms with van der Waals surface area (Å²) in [6.07, 6.45) is 5.26. The maximum absolute atomic E-state index is 12.0. The number of hydrogen-bond acceptors (Lipinski definition) is 3. The van der Waals surface area contributed by atoms with E-state index in [1.807, 2.05) is 0 Å². The molecule has 25 heavy (non-hydrogen) atoms. The van der Waals surface area contributed by atoms with Gasteiger partial charge < -0.3 is 15.5 Å². The van der Waals surface area contributed by atoms with E-state index in [0.717, 1.165) is 44.9 Å². The van der Waals surface area contributed by atoms with Crippen LogP contribution < -0.4 is 15.5 Å². The summed E-state index contributed by atoms with van der Waals surface area (Å²) in [6.45, 7) is 6.12. The van der Waals surface area contributed by atoms with Crippen LogP contribution in [0.5, 0.6) is 0 Å². The fraction of sp³-hybridized carbons (Fsp3) is 0.632. The molecule has 4 nitrogen and oxygen atoms in total. The average molecular weight is 388 g/mol. The van der Waals surface area contributed by atoms with Gasteiger partial charge in [-0.3, -0.25) is 4.79 Å². The molecule has 0 saturated carbocycles. The van der Waals surface area contributed by atoms with Crippen molar-refractivity contribution >= 4 is 36.4 Å². The third-order valence-corrected chi connectivity index (χ3v) is 5.26. The van der Waals surface area contributed by atoms with Crippen molar-refractivity contribution < 1.29 is 4.79 Å². The lowest BCUT2D eigenvalue weighted by molar-refractivity contribution is -0.121. The molecule has 1 amide bonds. The molecule has 2 N–H and O–H groups in total. The fourth-order valence-electron chi connectivity index (χ4n) is 3.88. The topological polar surface area (TPSA) is 44.4 Å². The molecular weight excluding hydrogens is 357 g/mol. The number of benzene rings is 1. The van der Waals surface area contributed by atoms with E-state index in [4.69, 9.17) is 0 Å². The SMILES string of the molecule is CC1Cc2ccccc2N1CCNC(=O)CCC1CCNCC1.Cl.Cl. The van der Waals surface area contributed by atoms with Gasteiger partial charge in [0.2, 0.25) is 5.91 Å². The van der Waals surface area contributed by atoms with Crippen LogP contribution in [-0.2, 0) is 11.2 Å². The summed E-state index contributed by atoms with van der Waals surface area (Å²) in [5.41, 5.74) is 2.76. The molecule has 1 aromatic rings. The molecule has 1 atom stereocenters. The Morgan fingerprint density at radius 3 is 2.72 bits per heavy atom. The molecule has 2 heterocycles. The molecule has 6 heteroatoms. The van der Waals surface area contributed by atoms with Crippen molar-refractivity contribution in [3.8, 4) is 0 Å². The molecule has 1 aromatic carbocycles. The smallest absolute Gasteiger partial charge is 0.220 e. The quantitative estimate of drug-likeness (QED) is 0.787. The number of nitrogens with zero attached hydrogens (tertiary/aromatic N) is 1. The Morgan fingerprint density at radius 1 is 1.24 bits per heavy atom. The van der Waals surface area contributed by atoms with Crippen LogP contribution in [-0.4, -0.2) is 38.1 Å². The van der Waals surface area contributed by atoms with Crippen molar-refractivity contribution in [3.63, 3.8) is 0 Å². The number of fused-ring (bicyclic) bond motifs is 1. The first-order valence-electron chi connectivity index (χ1n) is 9.06. The molecule has 0 aliphatic carbocycles. The Balaban J connectivity index is 0.00000156. The molecule has 142 valence electrons. The lowest BCUT2D eigenvalue weighted by Crippen LogP contribution is -2.38. The van der Waals surface area contributed by atoms with Gasteiger partial charge in [-0.15, -0.1) is 24.8 Å². The minimum absolute atomic E-state index is 0. The van der Waals surface area contributed by atoms with Gasteiger partial charge in [-0.25, -0.2) is 0 Å². The molecule has 2 aliphatic heterocycles. The van der Waals surface area contributed by atoms with E-state index in [-0.39, 0.29) is 30.7 Å². The van der Waals surface area contributed by atoms with Crippen LogP contribution in [0.2, 0.25) is 0 Å². The number of anilines is 1. The minimum atomic E-state index is 0. The molecule has 0 aromatic heterocycles. The van der Waals surface area contributed by atoms with Crippen LogP contribution in [0, 0.1) is 5.92 Å². The van der Waals surface area contributed by atoms with Crippen molar-refractivity contribution in [1.29, 1.82) is 0 Å². The summed E-state index contributed by atoms with van der Waals surface area (Å²) in [5, 5.41) is 6.48. The number of carbonyl (C=O) groups is 1. The highest BCUT2D eigenvalue weighted by atomic mass is 35.5. The number of hydrogen-bond donors (Lipinski definition) is 2. The van der Waals surface area contributed by atoms with E-state index in [1.165, 1.54) is 24.1 Å². The van der Waals surface area contributed by atoms with Gasteiger partial charge in [-0.2, -0.15) is 0 Å². The molecule has 0 bridgehead atoms. The fourth-order valence-corrected chi connectivity index (χ4v) is 3.88. The number of carbonyl (C=O) groups excluding carboxylic acids is 1. The van der Waals surface area contributed by atoms with Gasteiger partial charge in [-0.05, 0) is 63.2 Å². The Kier molecular flexibility index (Phi) is 9.62. The molecule has 2 aliphatic rings. The van der Waals surface area contributed by atoms with Gasteiger partial charge in [0.15, 0.2) is 0 Å². The van der Waals surface area contributed by atoms with Crippen LogP contribution in [0.15, 0.2) is 24.3 Å². The monoisotopic (exact) mass is 387 g/mol. The summed E-state index contributed by atoms with van der Waals surface area (Å²) >= 11 is 0. The number of amides is 1. The largest absolute Gasteiger partial charge is 0.367 e. The third-order valence-electron chi connectivity index (χ3n) is 5.26. The third kappa shape index (κ3) is 6.05. The summed E-state index contributed by atoms with van der Waals surface area (Å²) in [6, 6.07) is 9.14. The Labute approximate surface area is 163 Å². The number of piperidine rings is 1. The van der Waals surface area contributed by atoms with E-state index < -0.39 is 0 Å². The molecule has 0 spiro atoms. The van der Waals surface area contributed by atoms with Gasteiger partial charge >= 0.3 is 0 Å². The van der Waals surface area contributed by atoms with Crippen LogP contribution in [0.25, 0.3) is 0 Å². The predicted octanol–water partition coefficient (Wildman–Crippen LogP) is 3.18. The second kappa shape index (κ2) is 10.9. The number of rotatable bonds is 6. The number of nitrogens with one attached hydrogen (secondary N) is 2. The van der Waals surface area contributed by atoms with Crippen molar-refractivity contribution in [2.75, 3.05) is 31.1 Å². The zero-order chi connectivity index (χ0) is 16.1. The highest BCUT2D eigenvalue weighted by molar-refractivity contribution is 5.85. The van der Waals surface area contributed by atoms with Crippen LogP contribution in [0.1, 0.15) is 38.2 Å². The van der Waals surface area contributed by atoms with Crippen LogP contribution >= 0.6 is 24.8 Å². The normalized spacial score (nSPS) is 19.6. The van der Waals surface area contributed by atoms with Crippen molar-refractivity contribution in [3.05, 3.63) is 29.8 Å². The van der Waals surface area contributed by atoms with Gasteiger partial charge in [-0.1, -0.05) is 18.2 Å². The highest BCUT2D eigenvalue weighted by Crippen LogP contribution is 2.31. The van der Waals surface area contributed by atoms with Crippen molar-refractivity contribution in [2.24, 2.45) is 5.92 Å². The second-order valence-corrected chi connectivity index (χ2v) is 6.96. The second-order valence-electron chi connectivity index (χ2n) is 6.96. The zero-order valence-corrected chi connectivity index (χ0v) is 16.6. The van der Waals surface area contributed by atoms with Gasteiger partial charge in [0.25, 0.3) is 0 Å².